The molecule has 0 aliphatic rings. The Morgan fingerprint density at radius 1 is 0.912 bits per heavy atom. The van der Waals surface area contributed by atoms with E-state index in [9.17, 15) is 17.6 Å². The fraction of sp³-hybridized carbons (Fsp3) is 0.0870. The smallest absolute Gasteiger partial charge is 0.270 e. The van der Waals surface area contributed by atoms with Crippen molar-refractivity contribution >= 4 is 32.4 Å². The van der Waals surface area contributed by atoms with Crippen LogP contribution in [-0.4, -0.2) is 24.5 Å². The summed E-state index contributed by atoms with van der Waals surface area (Å²) in [5, 5.41) is 10.0. The number of hydrogen-bond acceptors (Lipinski definition) is 7. The zero-order valence-electron chi connectivity index (χ0n) is 17.6. The van der Waals surface area contributed by atoms with Crippen molar-refractivity contribution in [1.29, 1.82) is 0 Å². The van der Waals surface area contributed by atoms with Gasteiger partial charge in [-0.3, -0.25) is 10.1 Å². The quantitative estimate of drug-likeness (QED) is 0.338. The molecule has 4 aromatic rings. The summed E-state index contributed by atoms with van der Waals surface area (Å²) in [7, 11) is -3.92. The normalized spacial score (nSPS) is 11.2. The highest BCUT2D eigenvalue weighted by atomic mass is 32.2. The number of benzene rings is 3. The van der Waals surface area contributed by atoms with Crippen molar-refractivity contribution < 1.29 is 22.3 Å². The third-order valence-electron chi connectivity index (χ3n) is 4.60. The molecule has 0 aliphatic carbocycles. The van der Waals surface area contributed by atoms with Crippen molar-refractivity contribution in [1.82, 2.24) is 14.9 Å². The Bertz CT molecular complexity index is 1360. The molecular weight excluding hydrogens is 479 g/mol. The highest BCUT2D eigenvalue weighted by molar-refractivity contribution is 7.91. The van der Waals surface area contributed by atoms with Crippen LogP contribution in [0.3, 0.4) is 0 Å². The Morgan fingerprint density at radius 3 is 2.29 bits per heavy atom. The highest BCUT2D eigenvalue weighted by Crippen LogP contribution is 2.21. The summed E-state index contributed by atoms with van der Waals surface area (Å²) in [5.41, 5.74) is 1.96. The average Bonchev–Trinajstić information content (AvgIpc) is 3.33. The van der Waals surface area contributed by atoms with E-state index in [-0.39, 0.29) is 28.4 Å². The number of amides is 1. The van der Waals surface area contributed by atoms with Gasteiger partial charge in [0.2, 0.25) is 9.47 Å². The van der Waals surface area contributed by atoms with Crippen molar-refractivity contribution in [2.24, 2.45) is 0 Å². The predicted octanol–water partition coefficient (Wildman–Crippen LogP) is 3.99. The maximum Gasteiger partial charge on any atom is 0.270 e. The van der Waals surface area contributed by atoms with Crippen molar-refractivity contribution in [3.8, 4) is 5.75 Å². The largest absolute Gasteiger partial charge is 0.489 e. The first-order valence-electron chi connectivity index (χ1n) is 10.0. The molecule has 3 aromatic carbocycles. The average molecular weight is 499 g/mol. The molecule has 1 amide bonds. The van der Waals surface area contributed by atoms with Gasteiger partial charge in [-0.2, -0.15) is 0 Å². The number of rotatable bonds is 9. The van der Waals surface area contributed by atoms with E-state index in [1.54, 1.807) is 66.7 Å². The number of hydrogen-bond donors (Lipinski definition) is 2. The van der Waals surface area contributed by atoms with Gasteiger partial charge in [0, 0.05) is 12.1 Å². The van der Waals surface area contributed by atoms with E-state index in [2.05, 4.69) is 20.2 Å². The van der Waals surface area contributed by atoms with Gasteiger partial charge in [-0.15, -0.1) is 10.2 Å². The van der Waals surface area contributed by atoms with Gasteiger partial charge in [-0.05, 0) is 47.5 Å². The first kappa shape index (κ1) is 23.5. The SMILES string of the molecule is O=C(Nc1nnc(S(=O)(=O)NCc2ccc(OCc3ccc(F)cc3)cc2)s1)c1ccccc1. The Labute approximate surface area is 199 Å². The van der Waals surface area contributed by atoms with Crippen molar-refractivity contribution in [3.05, 3.63) is 101 Å². The number of ether oxygens (including phenoxy) is 1. The minimum atomic E-state index is -3.92. The first-order chi connectivity index (χ1) is 16.4. The molecule has 174 valence electrons. The van der Waals surface area contributed by atoms with Gasteiger partial charge in [0.1, 0.15) is 18.2 Å². The molecule has 0 saturated carbocycles. The minimum Gasteiger partial charge on any atom is -0.489 e. The minimum absolute atomic E-state index is 0.0336. The van der Waals surface area contributed by atoms with Crippen molar-refractivity contribution in [2.75, 3.05) is 5.32 Å². The van der Waals surface area contributed by atoms with Crippen LogP contribution in [0.25, 0.3) is 0 Å². The molecule has 0 radical (unpaired) electrons. The van der Waals surface area contributed by atoms with Crippen LogP contribution in [0.5, 0.6) is 5.75 Å². The second kappa shape index (κ2) is 10.5. The van der Waals surface area contributed by atoms with E-state index in [0.29, 0.717) is 16.9 Å². The predicted molar refractivity (Wildman–Crippen MR) is 126 cm³/mol. The summed E-state index contributed by atoms with van der Waals surface area (Å²) < 4.78 is 45.9. The molecule has 4 rings (SSSR count). The van der Waals surface area contributed by atoms with E-state index < -0.39 is 15.9 Å². The molecule has 0 atom stereocenters. The molecule has 34 heavy (non-hydrogen) atoms. The lowest BCUT2D eigenvalue weighted by Crippen LogP contribution is -2.23. The maximum absolute atomic E-state index is 13.0. The highest BCUT2D eigenvalue weighted by Gasteiger charge is 2.21. The molecule has 0 bridgehead atoms. The number of sulfonamides is 1. The molecule has 8 nitrogen and oxygen atoms in total. The summed E-state index contributed by atoms with van der Waals surface area (Å²) >= 11 is 0.758. The van der Waals surface area contributed by atoms with Crippen LogP contribution in [0.4, 0.5) is 9.52 Å². The molecule has 11 heteroatoms. The van der Waals surface area contributed by atoms with E-state index in [0.717, 1.165) is 16.9 Å². The molecular formula is C23H19FN4O4S2. The van der Waals surface area contributed by atoms with Crippen LogP contribution in [0, 0.1) is 5.82 Å². The molecule has 0 aliphatic heterocycles. The summed E-state index contributed by atoms with van der Waals surface area (Å²) in [6.45, 7) is 0.318. The van der Waals surface area contributed by atoms with Gasteiger partial charge in [-0.1, -0.05) is 53.8 Å². The lowest BCUT2D eigenvalue weighted by molar-refractivity contribution is 0.102. The van der Waals surface area contributed by atoms with Crippen molar-refractivity contribution in [3.63, 3.8) is 0 Å². The van der Waals surface area contributed by atoms with Gasteiger partial charge in [0.25, 0.3) is 15.9 Å². The fourth-order valence-corrected chi connectivity index (χ4v) is 4.77. The number of carbonyl (C=O) groups is 1. The lowest BCUT2D eigenvalue weighted by Gasteiger charge is -2.08. The molecule has 0 fully saturated rings. The number of carbonyl (C=O) groups excluding carboxylic acids is 1. The van der Waals surface area contributed by atoms with Crippen LogP contribution in [0.15, 0.2) is 83.2 Å². The first-order valence-corrected chi connectivity index (χ1v) is 12.3. The van der Waals surface area contributed by atoms with Gasteiger partial charge >= 0.3 is 0 Å². The van der Waals surface area contributed by atoms with Crippen LogP contribution in [-0.2, 0) is 23.2 Å². The zero-order valence-corrected chi connectivity index (χ0v) is 19.3. The molecule has 2 N–H and O–H groups in total. The fourth-order valence-electron chi connectivity index (χ4n) is 2.82. The van der Waals surface area contributed by atoms with Crippen LogP contribution < -0.4 is 14.8 Å². The van der Waals surface area contributed by atoms with Gasteiger partial charge < -0.3 is 4.74 Å². The van der Waals surface area contributed by atoms with Crippen LogP contribution in [0.2, 0.25) is 0 Å². The van der Waals surface area contributed by atoms with Crippen LogP contribution in [0.1, 0.15) is 21.5 Å². The Hall–Kier alpha value is -3.67. The molecule has 1 heterocycles. The molecule has 0 saturated heterocycles. The van der Waals surface area contributed by atoms with Crippen LogP contribution >= 0.6 is 11.3 Å². The Kier molecular flexibility index (Phi) is 7.26. The number of halogens is 1. The third-order valence-corrected chi connectivity index (χ3v) is 7.21. The van der Waals surface area contributed by atoms with E-state index in [1.165, 1.54) is 12.1 Å². The van der Waals surface area contributed by atoms with E-state index >= 15 is 0 Å². The van der Waals surface area contributed by atoms with Gasteiger partial charge in [-0.25, -0.2) is 17.5 Å². The van der Waals surface area contributed by atoms with Crippen molar-refractivity contribution in [2.45, 2.75) is 17.5 Å². The topological polar surface area (TPSA) is 110 Å². The van der Waals surface area contributed by atoms with Gasteiger partial charge in [0.15, 0.2) is 0 Å². The number of anilines is 1. The lowest BCUT2D eigenvalue weighted by atomic mass is 10.2. The Balaban J connectivity index is 1.30. The standard InChI is InChI=1S/C23H19FN4O4S2/c24-19-10-6-17(7-11-19)15-32-20-12-8-16(9-13-20)14-25-34(30,31)23-28-27-22(33-23)26-21(29)18-4-2-1-3-5-18/h1-13,25H,14-15H2,(H,26,27,29). The summed E-state index contributed by atoms with van der Waals surface area (Å²) in [6.07, 6.45) is 0. The second-order valence-electron chi connectivity index (χ2n) is 7.08. The summed E-state index contributed by atoms with van der Waals surface area (Å²) in [5.74, 6) is -0.119. The zero-order chi connectivity index (χ0) is 24.0. The van der Waals surface area contributed by atoms with E-state index in [4.69, 9.17) is 4.74 Å². The molecule has 1 aromatic heterocycles. The molecule has 0 unspecified atom stereocenters. The third kappa shape index (κ3) is 6.22. The molecule has 0 spiro atoms. The number of aromatic nitrogens is 2. The summed E-state index contributed by atoms with van der Waals surface area (Å²) in [4.78, 5) is 12.2. The number of nitrogens with zero attached hydrogens (tertiary/aromatic N) is 2. The summed E-state index contributed by atoms with van der Waals surface area (Å²) in [6, 6.07) is 21.4. The second-order valence-corrected chi connectivity index (χ2v) is 10.00. The number of nitrogens with one attached hydrogen (secondary N) is 2. The maximum atomic E-state index is 13.0. The van der Waals surface area contributed by atoms with E-state index in [1.807, 2.05) is 0 Å². The Morgan fingerprint density at radius 2 is 1.59 bits per heavy atom. The monoisotopic (exact) mass is 498 g/mol. The van der Waals surface area contributed by atoms with Gasteiger partial charge in [0.05, 0.1) is 0 Å².